The molecule has 2 rings (SSSR count). The lowest BCUT2D eigenvalue weighted by Crippen LogP contribution is -2.52. The van der Waals surface area contributed by atoms with E-state index in [0.29, 0.717) is 6.54 Å². The first-order valence-electron chi connectivity index (χ1n) is 17.6. The number of aliphatic imine (C=N–C) groups is 1. The third-order valence-electron chi connectivity index (χ3n) is 9.30. The van der Waals surface area contributed by atoms with Gasteiger partial charge in [0, 0.05) is 30.5 Å². The van der Waals surface area contributed by atoms with Gasteiger partial charge in [-0.25, -0.2) is 22.7 Å². The van der Waals surface area contributed by atoms with Gasteiger partial charge in [-0.15, -0.1) is 11.8 Å². The summed E-state index contributed by atoms with van der Waals surface area (Å²) in [7, 11) is -6.10. The van der Waals surface area contributed by atoms with Gasteiger partial charge < -0.3 is 25.1 Å². The summed E-state index contributed by atoms with van der Waals surface area (Å²) in [6, 6.07) is 8.13. The maximum Gasteiger partial charge on any atom is 0.407 e. The van der Waals surface area contributed by atoms with Gasteiger partial charge in [-0.3, -0.25) is 4.99 Å². The van der Waals surface area contributed by atoms with E-state index < -0.39 is 42.1 Å². The molecule has 0 radical (unpaired) electrons. The molecule has 1 saturated carbocycles. The normalized spacial score (nSPS) is 19.0. The summed E-state index contributed by atoms with van der Waals surface area (Å²) in [4.78, 5) is 30.2. The molecular weight excluding hydrogens is 691 g/mol. The molecule has 1 aliphatic carbocycles. The topological polar surface area (TPSA) is 147 Å². The summed E-state index contributed by atoms with van der Waals surface area (Å²) in [6.45, 7) is 24.4. The number of carbonyl (C=O) groups is 2. The predicted octanol–water partition coefficient (Wildman–Crippen LogP) is 7.32. The van der Waals surface area contributed by atoms with Crippen LogP contribution in [-0.2, 0) is 25.7 Å². The summed E-state index contributed by atoms with van der Waals surface area (Å²) >= 11 is 1.53. The molecule has 1 aliphatic rings. The van der Waals surface area contributed by atoms with E-state index >= 15 is 0 Å². The summed E-state index contributed by atoms with van der Waals surface area (Å²) in [5.74, 6) is 0.139. The monoisotopic (exact) mass is 753 g/mol. The smallest absolute Gasteiger partial charge is 0.407 e. The summed E-state index contributed by atoms with van der Waals surface area (Å²) in [5.41, 5.74) is 0.0819. The van der Waals surface area contributed by atoms with Crippen LogP contribution in [0.4, 0.5) is 9.59 Å². The molecule has 1 aromatic carbocycles. The molecule has 50 heavy (non-hydrogen) atoms. The van der Waals surface area contributed by atoms with E-state index in [1.54, 1.807) is 13.8 Å². The van der Waals surface area contributed by atoms with Crippen LogP contribution in [0.3, 0.4) is 0 Å². The molecule has 4 N–H and O–H groups in total. The number of carbonyl (C=O) groups excluding carboxylic acids is 2. The largest absolute Gasteiger partial charge is 0.447 e. The minimum Gasteiger partial charge on any atom is -0.447 e. The van der Waals surface area contributed by atoms with Gasteiger partial charge >= 0.3 is 12.1 Å². The van der Waals surface area contributed by atoms with Gasteiger partial charge in [0.25, 0.3) is 0 Å². The number of ether oxygens (including phenoxy) is 1. The van der Waals surface area contributed by atoms with Gasteiger partial charge in [-0.1, -0.05) is 57.7 Å². The Balaban J connectivity index is 2.23. The van der Waals surface area contributed by atoms with Crippen LogP contribution in [0.2, 0.25) is 18.1 Å². The highest BCUT2D eigenvalue weighted by Crippen LogP contribution is 2.37. The molecule has 284 valence electrons. The zero-order chi connectivity index (χ0) is 37.9. The molecule has 2 unspecified atom stereocenters. The third-order valence-corrected chi connectivity index (χ3v) is 16.4. The van der Waals surface area contributed by atoms with Crippen molar-refractivity contribution in [2.24, 2.45) is 10.9 Å². The van der Waals surface area contributed by atoms with Crippen molar-refractivity contribution in [3.8, 4) is 0 Å². The van der Waals surface area contributed by atoms with Crippen molar-refractivity contribution in [2.75, 3.05) is 12.9 Å². The second-order valence-electron chi connectivity index (χ2n) is 15.8. The lowest BCUT2D eigenvalue weighted by molar-refractivity contribution is 0.109. The lowest BCUT2D eigenvalue weighted by Gasteiger charge is -2.39. The second kappa shape index (κ2) is 18.9. The number of rotatable bonds is 16. The first kappa shape index (κ1) is 43.8. The molecule has 0 aliphatic heterocycles. The van der Waals surface area contributed by atoms with Gasteiger partial charge in [0.05, 0.1) is 34.7 Å². The Morgan fingerprint density at radius 1 is 1.04 bits per heavy atom. The number of sulfonamides is 1. The minimum absolute atomic E-state index is 0.0106. The van der Waals surface area contributed by atoms with Gasteiger partial charge in [0.1, 0.15) is 0 Å². The Hall–Kier alpha value is -2.39. The first-order chi connectivity index (χ1) is 23.0. The number of hydrogen-bond donors (Lipinski definition) is 4. The Kier molecular flexibility index (Phi) is 16.6. The van der Waals surface area contributed by atoms with Crippen LogP contribution in [-0.4, -0.2) is 76.5 Å². The zero-order valence-electron chi connectivity index (χ0n) is 32.1. The lowest BCUT2D eigenvalue weighted by atomic mass is 9.86. The minimum atomic E-state index is -3.98. The molecule has 14 heteroatoms. The number of thioether (sulfide) groups is 1. The van der Waals surface area contributed by atoms with Crippen LogP contribution in [0.5, 0.6) is 0 Å². The molecule has 2 atom stereocenters. The van der Waals surface area contributed by atoms with Crippen molar-refractivity contribution in [3.05, 3.63) is 47.4 Å². The molecule has 11 nitrogen and oxygen atoms in total. The highest BCUT2D eigenvalue weighted by Gasteiger charge is 2.39. The summed E-state index contributed by atoms with van der Waals surface area (Å²) in [5, 5.41) is 9.70. The number of nitrogens with zero attached hydrogens (tertiary/aromatic N) is 1. The molecule has 0 spiro atoms. The molecule has 1 aromatic rings. The van der Waals surface area contributed by atoms with E-state index in [2.05, 4.69) is 61.1 Å². The number of urea groups is 1. The number of benzene rings is 1. The SMILES string of the molecule is C=C(CC(/N=C(\SC)C1CCC(NC(=O)OC(C)C)CC1)C(C)NC(=O)NCc1ccccc1)S(=O)(=O)NC(C)(C)CO[Si](C)(C)C(C)(C)C. The maximum atomic E-state index is 13.7. The number of hydrogen-bond acceptors (Lipinski definition) is 8. The fraction of sp³-hybridized carbons (Fsp3) is 0.694. The van der Waals surface area contributed by atoms with Crippen LogP contribution in [0.15, 0.2) is 46.8 Å². The third kappa shape index (κ3) is 14.7. The Labute approximate surface area is 307 Å². The van der Waals surface area contributed by atoms with Gasteiger partial charge in [0.2, 0.25) is 10.0 Å². The average Bonchev–Trinajstić information content (AvgIpc) is 3.00. The van der Waals surface area contributed by atoms with Gasteiger partial charge in [-0.05, 0) is 90.3 Å². The number of nitrogens with one attached hydrogen (secondary N) is 4. The van der Waals surface area contributed by atoms with Crippen LogP contribution in [0, 0.1) is 5.92 Å². The highest BCUT2D eigenvalue weighted by atomic mass is 32.2. The maximum absolute atomic E-state index is 13.7. The van der Waals surface area contributed by atoms with Crippen molar-refractivity contribution in [2.45, 2.75) is 142 Å². The van der Waals surface area contributed by atoms with Crippen LogP contribution < -0.4 is 20.7 Å². The molecule has 0 bridgehead atoms. The Morgan fingerprint density at radius 2 is 1.64 bits per heavy atom. The standard InChI is InChI=1S/C36H63N5O6S2Si/c1-25(2)47-34(43)39-30-20-18-29(19-21-30)32(48-10)40-31(27(4)38-33(42)37-23-28-16-14-13-15-17-28)22-26(3)49(44,45)41-36(8,9)24-46-50(11,12)35(5,6)7/h13-17,25,27,29-31,41H,3,18-24H2,1-2,4-12H3,(H,39,43)(H2,37,38,42)/b40-32-. The summed E-state index contributed by atoms with van der Waals surface area (Å²) < 4.78 is 41.8. The second-order valence-corrected chi connectivity index (χ2v) is 23.2. The summed E-state index contributed by atoms with van der Waals surface area (Å²) in [6.07, 6.45) is 4.53. The fourth-order valence-corrected chi connectivity index (χ4v) is 8.53. The fourth-order valence-electron chi connectivity index (χ4n) is 5.24. The van der Waals surface area contributed by atoms with E-state index in [4.69, 9.17) is 14.2 Å². The predicted molar refractivity (Wildman–Crippen MR) is 210 cm³/mol. The first-order valence-corrected chi connectivity index (χ1v) is 23.2. The van der Waals surface area contributed by atoms with Crippen molar-refractivity contribution in [1.82, 2.24) is 20.7 Å². The van der Waals surface area contributed by atoms with Crippen LogP contribution in [0.25, 0.3) is 0 Å². The quantitative estimate of drug-likeness (QED) is 0.0786. The molecule has 3 amide bonds. The molecule has 0 aromatic heterocycles. The highest BCUT2D eigenvalue weighted by molar-refractivity contribution is 8.13. The Bertz CT molecular complexity index is 1410. The van der Waals surface area contributed by atoms with E-state index in [0.717, 1.165) is 36.3 Å². The average molecular weight is 754 g/mol. The van der Waals surface area contributed by atoms with E-state index in [1.165, 1.54) is 11.8 Å². The zero-order valence-corrected chi connectivity index (χ0v) is 34.8. The van der Waals surface area contributed by atoms with Crippen molar-refractivity contribution in [1.29, 1.82) is 0 Å². The Morgan fingerprint density at radius 3 is 2.18 bits per heavy atom. The van der Waals surface area contributed by atoms with Crippen molar-refractivity contribution < 1.29 is 27.2 Å². The van der Waals surface area contributed by atoms with E-state index in [-0.39, 0.29) is 47.1 Å². The number of amides is 3. The molecule has 0 heterocycles. The van der Waals surface area contributed by atoms with E-state index in [9.17, 15) is 18.0 Å². The molecule has 1 fully saturated rings. The van der Waals surface area contributed by atoms with Gasteiger partial charge in [-0.2, -0.15) is 0 Å². The van der Waals surface area contributed by atoms with Crippen LogP contribution >= 0.6 is 11.8 Å². The van der Waals surface area contributed by atoms with Gasteiger partial charge in [0.15, 0.2) is 8.32 Å². The van der Waals surface area contributed by atoms with E-state index in [1.807, 2.05) is 57.4 Å². The molecular formula is C36H63N5O6S2Si. The van der Waals surface area contributed by atoms with Crippen molar-refractivity contribution in [3.63, 3.8) is 0 Å². The molecule has 0 saturated heterocycles. The van der Waals surface area contributed by atoms with Crippen molar-refractivity contribution >= 4 is 47.3 Å². The van der Waals surface area contributed by atoms with Crippen LogP contribution in [0.1, 0.15) is 93.1 Å². The number of alkyl carbamates (subject to hydrolysis) is 1.